The van der Waals surface area contributed by atoms with Crippen LogP contribution in [-0.2, 0) is 28.8 Å². The van der Waals surface area contributed by atoms with Crippen LogP contribution in [0, 0.1) is 5.92 Å². The highest BCUT2D eigenvalue weighted by molar-refractivity contribution is 5.95. The van der Waals surface area contributed by atoms with Crippen LogP contribution in [0.3, 0.4) is 0 Å². The smallest absolute Gasteiger partial charge is 0.326 e. The van der Waals surface area contributed by atoms with Gasteiger partial charge in [-0.15, -0.1) is 0 Å². The number of carbonyl (C=O) groups excluding carboxylic acids is 4. The van der Waals surface area contributed by atoms with Gasteiger partial charge in [0.05, 0.1) is 19.6 Å². The van der Waals surface area contributed by atoms with Gasteiger partial charge in [0.1, 0.15) is 24.2 Å². The zero-order valence-corrected chi connectivity index (χ0v) is 19.2. The number of carboxylic acid groups (broad SMARTS) is 2. The van der Waals surface area contributed by atoms with Crippen LogP contribution in [0.2, 0.25) is 0 Å². The van der Waals surface area contributed by atoms with Crippen molar-refractivity contribution in [2.45, 2.75) is 63.7 Å². The average Bonchev–Trinajstić information content (AvgIpc) is 3.24. The van der Waals surface area contributed by atoms with Crippen LogP contribution >= 0.6 is 0 Å². The van der Waals surface area contributed by atoms with Crippen LogP contribution in [0.25, 0.3) is 0 Å². The molecule has 0 aromatic carbocycles. The number of nitrogens with two attached hydrogens (primary N) is 1. The lowest BCUT2D eigenvalue weighted by Gasteiger charge is -2.28. The summed E-state index contributed by atoms with van der Waals surface area (Å²) < 4.78 is 0. The Morgan fingerprint density at radius 2 is 1.71 bits per heavy atom. The second kappa shape index (κ2) is 13.4. The zero-order valence-electron chi connectivity index (χ0n) is 19.2. The topological polar surface area (TPSA) is 228 Å². The molecule has 1 aliphatic rings. The van der Waals surface area contributed by atoms with Crippen molar-refractivity contribution in [2.24, 2.45) is 11.7 Å². The molecule has 1 aliphatic heterocycles. The van der Waals surface area contributed by atoms with Gasteiger partial charge in [-0.1, -0.05) is 13.8 Å². The number of aliphatic carboxylic acids is 2. The van der Waals surface area contributed by atoms with Crippen LogP contribution in [0.1, 0.15) is 39.5 Å². The number of aliphatic hydroxyl groups is 1. The molecule has 1 rings (SSSR count). The molecule has 0 saturated carbocycles. The molecular formula is C20H33N5O9. The summed E-state index contributed by atoms with van der Waals surface area (Å²) in [7, 11) is 0. The normalized spacial score (nSPS) is 18.0. The third-order valence-corrected chi connectivity index (χ3v) is 5.13. The van der Waals surface area contributed by atoms with Crippen LogP contribution in [0.5, 0.6) is 0 Å². The number of nitrogens with one attached hydrogen (secondary N) is 3. The Morgan fingerprint density at radius 1 is 1.06 bits per heavy atom. The summed E-state index contributed by atoms with van der Waals surface area (Å²) in [6.07, 6.45) is 0.281. The highest BCUT2D eigenvalue weighted by Gasteiger charge is 2.37. The molecule has 0 aromatic rings. The van der Waals surface area contributed by atoms with Crippen molar-refractivity contribution < 1.29 is 44.1 Å². The van der Waals surface area contributed by atoms with Crippen molar-refractivity contribution in [3.05, 3.63) is 0 Å². The molecule has 192 valence electrons. The Kier molecular flexibility index (Phi) is 11.4. The molecule has 4 amide bonds. The molecule has 1 saturated heterocycles. The van der Waals surface area contributed by atoms with Crippen molar-refractivity contribution in [3.8, 4) is 0 Å². The van der Waals surface area contributed by atoms with Crippen molar-refractivity contribution in [2.75, 3.05) is 19.7 Å². The number of hydrogen-bond acceptors (Lipinski definition) is 8. The van der Waals surface area contributed by atoms with Crippen molar-refractivity contribution in [1.29, 1.82) is 0 Å². The Morgan fingerprint density at radius 3 is 2.24 bits per heavy atom. The summed E-state index contributed by atoms with van der Waals surface area (Å²) >= 11 is 0. The summed E-state index contributed by atoms with van der Waals surface area (Å²) in [5.74, 6) is -5.75. The van der Waals surface area contributed by atoms with E-state index in [2.05, 4.69) is 10.6 Å². The van der Waals surface area contributed by atoms with E-state index in [1.165, 1.54) is 4.90 Å². The predicted octanol–water partition coefficient (Wildman–Crippen LogP) is -3.01. The number of hydrogen-bond donors (Lipinski definition) is 7. The quantitative estimate of drug-likeness (QED) is 0.139. The van der Waals surface area contributed by atoms with E-state index in [1.54, 1.807) is 0 Å². The van der Waals surface area contributed by atoms with Crippen LogP contribution < -0.4 is 21.7 Å². The van der Waals surface area contributed by atoms with Gasteiger partial charge in [0.15, 0.2) is 0 Å². The number of carbonyl (C=O) groups is 6. The largest absolute Gasteiger partial charge is 0.481 e. The summed E-state index contributed by atoms with van der Waals surface area (Å²) in [5.41, 5.74) is 5.58. The summed E-state index contributed by atoms with van der Waals surface area (Å²) in [6, 6.07) is -4.72. The van der Waals surface area contributed by atoms with Crippen molar-refractivity contribution in [1.82, 2.24) is 20.9 Å². The van der Waals surface area contributed by atoms with Crippen LogP contribution in [-0.4, -0.2) is 99.7 Å². The lowest BCUT2D eigenvalue weighted by Crippen LogP contribution is -2.56. The van der Waals surface area contributed by atoms with Gasteiger partial charge in [-0.3, -0.25) is 24.0 Å². The third-order valence-electron chi connectivity index (χ3n) is 5.13. The summed E-state index contributed by atoms with van der Waals surface area (Å²) in [5, 5.41) is 33.7. The SMILES string of the molecule is CC(C)C[C@H](NC(=O)[C@@H]1CCCN1C(=O)[C@@H](N)CO)C(=O)NCC(=O)N[C@@H](CC(=O)O)C(=O)O. The van der Waals surface area contributed by atoms with Crippen LogP contribution in [0.4, 0.5) is 0 Å². The molecule has 1 heterocycles. The summed E-state index contributed by atoms with van der Waals surface area (Å²) in [4.78, 5) is 72.8. The Labute approximate surface area is 196 Å². The Hall–Kier alpha value is -3.26. The maximum Gasteiger partial charge on any atom is 0.326 e. The minimum atomic E-state index is -1.66. The van der Waals surface area contributed by atoms with Gasteiger partial charge < -0.3 is 41.9 Å². The molecule has 8 N–H and O–H groups in total. The third kappa shape index (κ3) is 8.94. The van der Waals surface area contributed by atoms with Crippen molar-refractivity contribution in [3.63, 3.8) is 0 Å². The Balaban J connectivity index is 2.77. The molecule has 0 aliphatic carbocycles. The van der Waals surface area contributed by atoms with E-state index in [0.29, 0.717) is 12.8 Å². The molecule has 1 fully saturated rings. The molecule has 0 spiro atoms. The first-order valence-corrected chi connectivity index (χ1v) is 10.9. The van der Waals surface area contributed by atoms with Gasteiger partial charge in [0.25, 0.3) is 0 Å². The second-order valence-electron chi connectivity index (χ2n) is 8.44. The average molecular weight is 488 g/mol. The van der Waals surface area contributed by atoms with Gasteiger partial charge in [-0.2, -0.15) is 0 Å². The molecule has 0 aromatic heterocycles. The van der Waals surface area contributed by atoms with Crippen molar-refractivity contribution >= 4 is 35.6 Å². The zero-order chi connectivity index (χ0) is 26.0. The first-order chi connectivity index (χ1) is 15.9. The molecule has 0 bridgehead atoms. The molecule has 34 heavy (non-hydrogen) atoms. The molecule has 0 radical (unpaired) electrons. The highest BCUT2D eigenvalue weighted by atomic mass is 16.4. The first kappa shape index (κ1) is 28.8. The second-order valence-corrected chi connectivity index (χ2v) is 8.44. The summed E-state index contributed by atoms with van der Waals surface area (Å²) in [6.45, 7) is 2.71. The minimum Gasteiger partial charge on any atom is -0.481 e. The van der Waals surface area contributed by atoms with Gasteiger partial charge in [-0.05, 0) is 25.2 Å². The molecule has 0 unspecified atom stereocenters. The van der Waals surface area contributed by atoms with Gasteiger partial charge in [0.2, 0.25) is 23.6 Å². The number of aliphatic hydroxyl groups excluding tert-OH is 1. The molecular weight excluding hydrogens is 454 g/mol. The predicted molar refractivity (Wildman–Crippen MR) is 116 cm³/mol. The first-order valence-electron chi connectivity index (χ1n) is 10.9. The number of rotatable bonds is 13. The monoisotopic (exact) mass is 487 g/mol. The van der Waals surface area contributed by atoms with E-state index < -0.39 is 79.3 Å². The highest BCUT2D eigenvalue weighted by Crippen LogP contribution is 2.19. The molecule has 14 heteroatoms. The lowest BCUT2D eigenvalue weighted by atomic mass is 10.0. The van der Waals surface area contributed by atoms with E-state index in [9.17, 15) is 28.8 Å². The van der Waals surface area contributed by atoms with Gasteiger partial charge >= 0.3 is 11.9 Å². The van der Waals surface area contributed by atoms with E-state index in [1.807, 2.05) is 19.2 Å². The minimum absolute atomic E-state index is 0.0269. The van der Waals surface area contributed by atoms with E-state index in [-0.39, 0.29) is 18.9 Å². The molecule has 4 atom stereocenters. The number of amides is 4. The number of likely N-dealkylation sites (tertiary alicyclic amines) is 1. The van der Waals surface area contributed by atoms with E-state index >= 15 is 0 Å². The van der Waals surface area contributed by atoms with E-state index in [4.69, 9.17) is 21.1 Å². The maximum atomic E-state index is 12.8. The number of nitrogens with zero attached hydrogens (tertiary/aromatic N) is 1. The van der Waals surface area contributed by atoms with Crippen LogP contribution in [0.15, 0.2) is 0 Å². The fourth-order valence-corrected chi connectivity index (χ4v) is 3.48. The number of carboxylic acids is 2. The lowest BCUT2D eigenvalue weighted by molar-refractivity contribution is -0.147. The molecule has 14 nitrogen and oxygen atoms in total. The fraction of sp³-hybridized carbons (Fsp3) is 0.700. The van der Waals surface area contributed by atoms with E-state index in [0.717, 1.165) is 0 Å². The fourth-order valence-electron chi connectivity index (χ4n) is 3.48. The maximum absolute atomic E-state index is 12.8. The standard InChI is InChI=1S/C20H33N5O9/c1-10(2)6-12(17(30)22-8-15(27)23-13(20(33)34)7-16(28)29)24-18(31)14-4-3-5-25(14)19(32)11(21)9-26/h10-14,26H,3-9,21H2,1-2H3,(H,22,30)(H,23,27)(H,24,31)(H,28,29)(H,33,34)/t11-,12-,13-,14-/m0/s1. The van der Waals surface area contributed by atoms with Gasteiger partial charge in [0, 0.05) is 6.54 Å². The van der Waals surface area contributed by atoms with Gasteiger partial charge in [-0.25, -0.2) is 4.79 Å². The Bertz CT molecular complexity index is 788.